The number of nitrogens with zero attached hydrogens (tertiary/aromatic N) is 3. The van der Waals surface area contributed by atoms with Crippen LogP contribution in [0.15, 0.2) is 17.0 Å². The van der Waals surface area contributed by atoms with E-state index in [4.69, 9.17) is 10.3 Å². The van der Waals surface area contributed by atoms with Crippen molar-refractivity contribution in [1.29, 1.82) is 0 Å². The third kappa shape index (κ3) is 2.90. The molecular weight excluding hydrogens is 254 g/mol. The number of imidazole rings is 1. The molecule has 0 bridgehead atoms. The van der Waals surface area contributed by atoms with Crippen molar-refractivity contribution in [2.75, 3.05) is 0 Å². The number of nitrogens with one attached hydrogen (secondary N) is 1. The van der Waals surface area contributed by atoms with Gasteiger partial charge in [-0.1, -0.05) is 24.9 Å². The molecule has 20 heavy (non-hydrogen) atoms. The van der Waals surface area contributed by atoms with Crippen LogP contribution < -0.4 is 5.73 Å². The van der Waals surface area contributed by atoms with Gasteiger partial charge in [0.2, 0.25) is 5.89 Å². The van der Waals surface area contributed by atoms with Crippen molar-refractivity contribution in [3.8, 4) is 0 Å². The molecule has 108 valence electrons. The van der Waals surface area contributed by atoms with Crippen molar-refractivity contribution in [1.82, 2.24) is 20.1 Å². The molecule has 2 aromatic rings. The molecule has 2 unspecified atom stereocenters. The van der Waals surface area contributed by atoms with Crippen molar-refractivity contribution >= 4 is 0 Å². The number of H-pyrrole nitrogens is 1. The summed E-state index contributed by atoms with van der Waals surface area (Å²) in [5.74, 6) is 2.52. The second-order valence-electron chi connectivity index (χ2n) is 5.85. The van der Waals surface area contributed by atoms with Crippen molar-refractivity contribution in [2.24, 2.45) is 11.7 Å². The highest BCUT2D eigenvalue weighted by Gasteiger charge is 2.25. The largest absolute Gasteiger partial charge is 0.348 e. The quantitative estimate of drug-likeness (QED) is 0.893. The van der Waals surface area contributed by atoms with E-state index in [1.807, 2.05) is 0 Å². The number of aromatic amines is 1. The number of nitrogens with two attached hydrogens (primary N) is 1. The summed E-state index contributed by atoms with van der Waals surface area (Å²) in [6.07, 6.45) is 8.89. The van der Waals surface area contributed by atoms with Gasteiger partial charge in [0, 0.05) is 24.2 Å². The van der Waals surface area contributed by atoms with Crippen LogP contribution in [0.4, 0.5) is 0 Å². The fraction of sp³-hybridized carbons (Fsp3) is 0.643. The van der Waals surface area contributed by atoms with E-state index in [1.165, 1.54) is 12.8 Å². The first-order chi connectivity index (χ1) is 9.72. The molecule has 0 aromatic carbocycles. The summed E-state index contributed by atoms with van der Waals surface area (Å²) in [4.78, 5) is 11.5. The smallest absolute Gasteiger partial charge is 0.243 e. The van der Waals surface area contributed by atoms with Gasteiger partial charge in [-0.15, -0.1) is 0 Å². The molecule has 3 atom stereocenters. The fourth-order valence-corrected chi connectivity index (χ4v) is 2.95. The zero-order valence-corrected chi connectivity index (χ0v) is 11.7. The Morgan fingerprint density at radius 3 is 3.15 bits per heavy atom. The van der Waals surface area contributed by atoms with E-state index < -0.39 is 0 Å². The molecule has 6 nitrogen and oxygen atoms in total. The minimum absolute atomic E-state index is 0.280. The summed E-state index contributed by atoms with van der Waals surface area (Å²) < 4.78 is 5.34. The summed E-state index contributed by atoms with van der Waals surface area (Å²) in [6.45, 7) is 2.29. The highest BCUT2D eigenvalue weighted by atomic mass is 16.5. The van der Waals surface area contributed by atoms with Gasteiger partial charge in [-0.2, -0.15) is 4.98 Å². The minimum atomic E-state index is -0.280. The first-order valence-corrected chi connectivity index (χ1v) is 7.28. The molecule has 0 amide bonds. The topological polar surface area (TPSA) is 93.6 Å². The van der Waals surface area contributed by atoms with Crippen LogP contribution in [0.5, 0.6) is 0 Å². The zero-order valence-electron chi connectivity index (χ0n) is 11.7. The van der Waals surface area contributed by atoms with Gasteiger partial charge in [0.25, 0.3) is 0 Å². The van der Waals surface area contributed by atoms with E-state index in [-0.39, 0.29) is 6.04 Å². The third-order valence-corrected chi connectivity index (χ3v) is 4.07. The van der Waals surface area contributed by atoms with Gasteiger partial charge in [-0.3, -0.25) is 0 Å². The van der Waals surface area contributed by atoms with Crippen molar-refractivity contribution < 1.29 is 4.52 Å². The highest BCUT2D eigenvalue weighted by Crippen LogP contribution is 2.34. The van der Waals surface area contributed by atoms with Gasteiger partial charge < -0.3 is 15.2 Å². The zero-order chi connectivity index (χ0) is 13.9. The lowest BCUT2D eigenvalue weighted by atomic mass is 9.82. The molecule has 1 saturated carbocycles. The molecule has 3 rings (SSSR count). The van der Waals surface area contributed by atoms with Gasteiger partial charge in [0.1, 0.15) is 0 Å². The van der Waals surface area contributed by atoms with Crippen LogP contribution in [-0.4, -0.2) is 20.1 Å². The highest BCUT2D eigenvalue weighted by molar-refractivity contribution is 5.04. The Hall–Kier alpha value is -1.69. The Morgan fingerprint density at radius 1 is 1.50 bits per heavy atom. The minimum Gasteiger partial charge on any atom is -0.348 e. The maximum absolute atomic E-state index is 6.11. The van der Waals surface area contributed by atoms with Gasteiger partial charge in [-0.05, 0) is 18.8 Å². The number of aromatic nitrogens is 4. The molecule has 2 heterocycles. The predicted octanol–water partition coefficient (Wildman–Crippen LogP) is 2.33. The molecular formula is C14H21N5O. The second kappa shape index (κ2) is 5.75. The Labute approximate surface area is 118 Å². The molecule has 0 radical (unpaired) electrons. The Kier molecular flexibility index (Phi) is 3.82. The normalized spacial score (nSPS) is 24.7. The van der Waals surface area contributed by atoms with Gasteiger partial charge >= 0.3 is 0 Å². The van der Waals surface area contributed by atoms with Crippen molar-refractivity contribution in [3.05, 3.63) is 29.9 Å². The molecule has 1 fully saturated rings. The van der Waals surface area contributed by atoms with Crippen LogP contribution in [0.2, 0.25) is 0 Å². The molecule has 3 N–H and O–H groups in total. The van der Waals surface area contributed by atoms with E-state index >= 15 is 0 Å². The van der Waals surface area contributed by atoms with Gasteiger partial charge in [0.15, 0.2) is 5.82 Å². The Balaban J connectivity index is 1.66. The molecule has 2 aromatic heterocycles. The first kappa shape index (κ1) is 13.3. The van der Waals surface area contributed by atoms with Crippen LogP contribution in [0.3, 0.4) is 0 Å². The third-order valence-electron chi connectivity index (χ3n) is 4.07. The fourth-order valence-electron chi connectivity index (χ4n) is 2.95. The lowest BCUT2D eigenvalue weighted by Crippen LogP contribution is -2.15. The molecule has 1 aliphatic carbocycles. The monoisotopic (exact) mass is 275 g/mol. The molecule has 0 aliphatic heterocycles. The van der Waals surface area contributed by atoms with Crippen LogP contribution in [-0.2, 0) is 6.42 Å². The summed E-state index contributed by atoms with van der Waals surface area (Å²) >= 11 is 0. The van der Waals surface area contributed by atoms with Crippen molar-refractivity contribution in [2.45, 2.75) is 51.0 Å². The Morgan fingerprint density at radius 2 is 2.40 bits per heavy atom. The van der Waals surface area contributed by atoms with Crippen molar-refractivity contribution in [3.63, 3.8) is 0 Å². The molecule has 1 aliphatic rings. The van der Waals surface area contributed by atoms with Crippen LogP contribution in [0.25, 0.3) is 0 Å². The average Bonchev–Trinajstić information content (AvgIpc) is 3.09. The summed E-state index contributed by atoms with van der Waals surface area (Å²) in [7, 11) is 0. The molecule has 0 saturated heterocycles. The molecule has 6 heteroatoms. The van der Waals surface area contributed by atoms with Gasteiger partial charge in [-0.25, -0.2) is 4.98 Å². The standard InChI is InChI=1S/C14H21N5O/c1-9-3-2-4-10(5-9)13-18-14(20-19-13)12(15)6-11-7-16-8-17-11/h7-10,12H,2-6,15H2,1H3,(H,16,17)/t9?,10?,12-/m0/s1. The second-order valence-corrected chi connectivity index (χ2v) is 5.85. The SMILES string of the molecule is CC1CCCC(c2noc([C@@H](N)Cc3cnc[nH]3)n2)C1. The summed E-state index contributed by atoms with van der Waals surface area (Å²) in [6, 6.07) is -0.280. The Bertz CT molecular complexity index is 536. The first-order valence-electron chi connectivity index (χ1n) is 7.28. The van der Waals surface area contributed by atoms with Crippen LogP contribution in [0, 0.1) is 5.92 Å². The predicted molar refractivity (Wildman–Crippen MR) is 73.9 cm³/mol. The summed E-state index contributed by atoms with van der Waals surface area (Å²) in [5.41, 5.74) is 7.09. The van der Waals surface area contributed by atoms with Gasteiger partial charge in [0.05, 0.1) is 12.4 Å². The number of hydrogen-bond acceptors (Lipinski definition) is 5. The number of rotatable bonds is 4. The summed E-state index contributed by atoms with van der Waals surface area (Å²) in [5, 5.41) is 4.13. The van der Waals surface area contributed by atoms with E-state index in [1.54, 1.807) is 12.5 Å². The lowest BCUT2D eigenvalue weighted by molar-refractivity contribution is 0.315. The number of hydrogen-bond donors (Lipinski definition) is 2. The molecule has 0 spiro atoms. The maximum Gasteiger partial charge on any atom is 0.243 e. The lowest BCUT2D eigenvalue weighted by Gasteiger charge is -2.23. The van der Waals surface area contributed by atoms with Crippen LogP contribution >= 0.6 is 0 Å². The average molecular weight is 275 g/mol. The maximum atomic E-state index is 6.11. The van der Waals surface area contributed by atoms with E-state index in [9.17, 15) is 0 Å². The van der Waals surface area contributed by atoms with Crippen LogP contribution in [0.1, 0.15) is 62.0 Å². The van der Waals surface area contributed by atoms with E-state index in [2.05, 4.69) is 27.0 Å². The van der Waals surface area contributed by atoms with E-state index in [0.29, 0.717) is 18.2 Å². The van der Waals surface area contributed by atoms with E-state index in [0.717, 1.165) is 30.3 Å².